The maximum Gasteiger partial charge on any atom is 0.0705 e. The summed E-state index contributed by atoms with van der Waals surface area (Å²) < 4.78 is 0. The molecule has 0 fully saturated rings. The fourth-order valence-electron chi connectivity index (χ4n) is 1.78. The molecule has 0 saturated carbocycles. The molecular weight excluding hydrogens is 170 g/mol. The number of benzene rings is 1. The monoisotopic (exact) mass is 185 g/mol. The van der Waals surface area contributed by atoms with Crippen LogP contribution in [0.3, 0.4) is 0 Å². The number of rotatable bonds is 1. The van der Waals surface area contributed by atoms with Crippen LogP contribution in [0.1, 0.15) is 30.9 Å². The molecule has 0 radical (unpaired) electrons. The number of pyridine rings is 1. The Kier molecular flexibility index (Phi) is 2.24. The molecule has 0 aliphatic rings. The standard InChI is InChI=1S/C13H15N/c1-9(2)11-6-7-14-13-5-4-10(3)8-12(11)13/h4-9H,1-3H3. The summed E-state index contributed by atoms with van der Waals surface area (Å²) in [5.41, 5.74) is 3.79. The van der Waals surface area contributed by atoms with Crippen LogP contribution in [-0.4, -0.2) is 4.98 Å². The van der Waals surface area contributed by atoms with E-state index in [0.29, 0.717) is 5.92 Å². The van der Waals surface area contributed by atoms with Gasteiger partial charge in [0.15, 0.2) is 0 Å². The van der Waals surface area contributed by atoms with E-state index in [2.05, 4.69) is 50.0 Å². The molecule has 1 heterocycles. The number of aromatic nitrogens is 1. The van der Waals surface area contributed by atoms with Crippen LogP contribution < -0.4 is 0 Å². The van der Waals surface area contributed by atoms with Crippen LogP contribution in [0.15, 0.2) is 30.5 Å². The Balaban J connectivity index is 2.77. The minimum atomic E-state index is 0.558. The first-order chi connectivity index (χ1) is 6.68. The number of nitrogens with zero attached hydrogens (tertiary/aromatic N) is 1. The second kappa shape index (κ2) is 3.41. The lowest BCUT2D eigenvalue weighted by Gasteiger charge is -2.09. The van der Waals surface area contributed by atoms with Crippen LogP contribution >= 0.6 is 0 Å². The Morgan fingerprint density at radius 2 is 1.93 bits per heavy atom. The summed E-state index contributed by atoms with van der Waals surface area (Å²) in [4.78, 5) is 4.37. The van der Waals surface area contributed by atoms with E-state index in [9.17, 15) is 0 Å². The van der Waals surface area contributed by atoms with Gasteiger partial charge in [-0.15, -0.1) is 0 Å². The lowest BCUT2D eigenvalue weighted by Crippen LogP contribution is -1.91. The van der Waals surface area contributed by atoms with Gasteiger partial charge in [-0.2, -0.15) is 0 Å². The molecule has 0 spiro atoms. The molecule has 0 aliphatic heterocycles. The first-order valence-electron chi connectivity index (χ1n) is 5.04. The average molecular weight is 185 g/mol. The van der Waals surface area contributed by atoms with Crippen molar-refractivity contribution in [1.29, 1.82) is 0 Å². The maximum atomic E-state index is 4.37. The van der Waals surface area contributed by atoms with Crippen molar-refractivity contribution in [2.45, 2.75) is 26.7 Å². The Labute approximate surface area is 84.8 Å². The Hall–Kier alpha value is -1.37. The molecule has 1 nitrogen and oxygen atoms in total. The quantitative estimate of drug-likeness (QED) is 0.660. The van der Waals surface area contributed by atoms with Crippen molar-refractivity contribution < 1.29 is 0 Å². The highest BCUT2D eigenvalue weighted by atomic mass is 14.6. The van der Waals surface area contributed by atoms with Crippen molar-refractivity contribution in [3.63, 3.8) is 0 Å². The molecule has 0 amide bonds. The first kappa shape index (κ1) is 9.20. The van der Waals surface area contributed by atoms with Crippen LogP contribution in [0.25, 0.3) is 10.9 Å². The Bertz CT molecular complexity index is 458. The number of aryl methyl sites for hydroxylation is 1. The molecule has 14 heavy (non-hydrogen) atoms. The van der Waals surface area contributed by atoms with E-state index < -0.39 is 0 Å². The lowest BCUT2D eigenvalue weighted by atomic mass is 9.98. The zero-order chi connectivity index (χ0) is 10.1. The van der Waals surface area contributed by atoms with Gasteiger partial charge in [0.05, 0.1) is 5.52 Å². The second-order valence-electron chi connectivity index (χ2n) is 4.08. The van der Waals surface area contributed by atoms with E-state index in [0.717, 1.165) is 5.52 Å². The second-order valence-corrected chi connectivity index (χ2v) is 4.08. The zero-order valence-corrected chi connectivity index (χ0v) is 8.91. The van der Waals surface area contributed by atoms with Crippen LogP contribution in [-0.2, 0) is 0 Å². The normalized spacial score (nSPS) is 11.1. The molecule has 0 N–H and O–H groups in total. The molecular formula is C13H15N. The van der Waals surface area contributed by atoms with Crippen LogP contribution in [0.4, 0.5) is 0 Å². The van der Waals surface area contributed by atoms with E-state index in [1.54, 1.807) is 0 Å². The Morgan fingerprint density at radius 3 is 2.64 bits per heavy atom. The highest BCUT2D eigenvalue weighted by Crippen LogP contribution is 2.24. The Morgan fingerprint density at radius 1 is 1.14 bits per heavy atom. The molecule has 0 bridgehead atoms. The van der Waals surface area contributed by atoms with Crippen molar-refractivity contribution in [3.8, 4) is 0 Å². The summed E-state index contributed by atoms with van der Waals surface area (Å²) in [5, 5.41) is 1.29. The lowest BCUT2D eigenvalue weighted by molar-refractivity contribution is 0.874. The van der Waals surface area contributed by atoms with Crippen molar-refractivity contribution >= 4 is 10.9 Å². The molecule has 1 aromatic carbocycles. The van der Waals surface area contributed by atoms with Gasteiger partial charge in [-0.25, -0.2) is 0 Å². The topological polar surface area (TPSA) is 12.9 Å². The summed E-state index contributed by atoms with van der Waals surface area (Å²) >= 11 is 0. The third kappa shape index (κ3) is 1.50. The average Bonchev–Trinajstić information content (AvgIpc) is 2.16. The number of fused-ring (bicyclic) bond motifs is 1. The van der Waals surface area contributed by atoms with Crippen molar-refractivity contribution in [2.24, 2.45) is 0 Å². The van der Waals surface area contributed by atoms with Gasteiger partial charge in [0, 0.05) is 11.6 Å². The summed E-state index contributed by atoms with van der Waals surface area (Å²) in [6.45, 7) is 6.56. The summed E-state index contributed by atoms with van der Waals surface area (Å²) in [7, 11) is 0. The molecule has 0 unspecified atom stereocenters. The fraction of sp³-hybridized carbons (Fsp3) is 0.308. The summed E-state index contributed by atoms with van der Waals surface area (Å²) in [6.07, 6.45) is 1.90. The smallest absolute Gasteiger partial charge is 0.0705 e. The van der Waals surface area contributed by atoms with Crippen molar-refractivity contribution in [1.82, 2.24) is 4.98 Å². The molecule has 0 atom stereocenters. The van der Waals surface area contributed by atoms with Crippen LogP contribution in [0.2, 0.25) is 0 Å². The summed E-state index contributed by atoms with van der Waals surface area (Å²) in [5.74, 6) is 0.558. The molecule has 1 heteroatoms. The highest BCUT2D eigenvalue weighted by molar-refractivity contribution is 5.83. The van der Waals surface area contributed by atoms with Crippen molar-refractivity contribution in [2.75, 3.05) is 0 Å². The van der Waals surface area contributed by atoms with Crippen LogP contribution in [0.5, 0.6) is 0 Å². The van der Waals surface area contributed by atoms with Gasteiger partial charge < -0.3 is 0 Å². The first-order valence-corrected chi connectivity index (χ1v) is 5.04. The fourth-order valence-corrected chi connectivity index (χ4v) is 1.78. The minimum absolute atomic E-state index is 0.558. The van der Waals surface area contributed by atoms with Gasteiger partial charge in [-0.05, 0) is 36.6 Å². The predicted octanol–water partition coefficient (Wildman–Crippen LogP) is 3.67. The molecule has 2 aromatic rings. The minimum Gasteiger partial charge on any atom is -0.256 e. The molecule has 1 aromatic heterocycles. The molecule has 72 valence electrons. The van der Waals surface area contributed by atoms with E-state index in [4.69, 9.17) is 0 Å². The van der Waals surface area contributed by atoms with Gasteiger partial charge in [0.25, 0.3) is 0 Å². The zero-order valence-electron chi connectivity index (χ0n) is 8.91. The predicted molar refractivity (Wildman–Crippen MR) is 60.6 cm³/mol. The van der Waals surface area contributed by atoms with Gasteiger partial charge in [0.2, 0.25) is 0 Å². The number of hydrogen-bond acceptors (Lipinski definition) is 1. The number of hydrogen-bond donors (Lipinski definition) is 0. The van der Waals surface area contributed by atoms with E-state index in [-0.39, 0.29) is 0 Å². The third-order valence-corrected chi connectivity index (χ3v) is 2.55. The van der Waals surface area contributed by atoms with Gasteiger partial charge in [-0.3, -0.25) is 4.98 Å². The SMILES string of the molecule is Cc1ccc2nccc(C(C)C)c2c1. The van der Waals surface area contributed by atoms with E-state index in [1.807, 2.05) is 6.20 Å². The van der Waals surface area contributed by atoms with Crippen molar-refractivity contribution in [3.05, 3.63) is 41.6 Å². The van der Waals surface area contributed by atoms with Gasteiger partial charge in [0.1, 0.15) is 0 Å². The third-order valence-electron chi connectivity index (χ3n) is 2.55. The largest absolute Gasteiger partial charge is 0.256 e. The van der Waals surface area contributed by atoms with E-state index >= 15 is 0 Å². The van der Waals surface area contributed by atoms with E-state index in [1.165, 1.54) is 16.5 Å². The summed E-state index contributed by atoms with van der Waals surface area (Å²) in [6, 6.07) is 8.54. The molecule has 2 rings (SSSR count). The van der Waals surface area contributed by atoms with Gasteiger partial charge >= 0.3 is 0 Å². The highest BCUT2D eigenvalue weighted by Gasteiger charge is 2.04. The van der Waals surface area contributed by atoms with Crippen LogP contribution in [0, 0.1) is 6.92 Å². The van der Waals surface area contributed by atoms with Gasteiger partial charge in [-0.1, -0.05) is 25.5 Å². The molecule has 0 aliphatic carbocycles. The molecule has 0 saturated heterocycles. The maximum absolute atomic E-state index is 4.37.